The molecule has 0 aliphatic carbocycles. The zero-order valence-corrected chi connectivity index (χ0v) is 14.1. The molecule has 0 aliphatic rings. The van der Waals surface area contributed by atoms with Gasteiger partial charge in [0.25, 0.3) is 0 Å². The lowest BCUT2D eigenvalue weighted by Crippen LogP contribution is -2.50. The van der Waals surface area contributed by atoms with Gasteiger partial charge in [-0.15, -0.1) is 0 Å². The maximum absolute atomic E-state index is 12.1. The summed E-state index contributed by atoms with van der Waals surface area (Å²) in [5, 5.41) is 32.2. The second-order valence-corrected chi connectivity index (χ2v) is 5.74. The zero-order chi connectivity index (χ0) is 19.8. The van der Waals surface area contributed by atoms with E-state index in [9.17, 15) is 24.6 Å². The standard InChI is InChI=1S/C19H17N3O5/c20-11-13-6-8-14(9-7-13)21-19(27)22-16(18(25)26)15(17(23)24)10-12-4-2-1-3-5-12/h1-9,15-16H,10H2,(H,23,24)(H,25,26)(H2,21,22,27)/t15?,16-/m0/s1. The Bertz CT molecular complexity index is 859. The second kappa shape index (κ2) is 9.01. The van der Waals surface area contributed by atoms with Crippen LogP contribution in [0.1, 0.15) is 11.1 Å². The average molecular weight is 367 g/mol. The molecule has 8 heteroatoms. The van der Waals surface area contributed by atoms with Gasteiger partial charge in [-0.25, -0.2) is 9.59 Å². The predicted molar refractivity (Wildman–Crippen MR) is 96.0 cm³/mol. The first-order valence-electron chi connectivity index (χ1n) is 7.98. The topological polar surface area (TPSA) is 140 Å². The summed E-state index contributed by atoms with van der Waals surface area (Å²) >= 11 is 0. The van der Waals surface area contributed by atoms with E-state index in [0.29, 0.717) is 16.8 Å². The van der Waals surface area contributed by atoms with Gasteiger partial charge < -0.3 is 20.8 Å². The van der Waals surface area contributed by atoms with Crippen LogP contribution in [0.25, 0.3) is 0 Å². The van der Waals surface area contributed by atoms with Crippen LogP contribution in [0.15, 0.2) is 54.6 Å². The van der Waals surface area contributed by atoms with E-state index in [1.54, 1.807) is 30.3 Å². The molecular formula is C19H17N3O5. The molecule has 0 aromatic heterocycles. The molecule has 0 saturated heterocycles. The van der Waals surface area contributed by atoms with E-state index in [1.165, 1.54) is 24.3 Å². The number of urea groups is 1. The molecule has 4 N–H and O–H groups in total. The Labute approximate surface area is 155 Å². The number of hydrogen-bond donors (Lipinski definition) is 4. The maximum Gasteiger partial charge on any atom is 0.327 e. The highest BCUT2D eigenvalue weighted by Crippen LogP contribution is 2.15. The molecular weight excluding hydrogens is 350 g/mol. The molecule has 138 valence electrons. The molecule has 2 atom stereocenters. The van der Waals surface area contributed by atoms with Gasteiger partial charge in [-0.05, 0) is 36.2 Å². The summed E-state index contributed by atoms with van der Waals surface area (Å²) in [5.41, 5.74) is 1.38. The van der Waals surface area contributed by atoms with E-state index >= 15 is 0 Å². The predicted octanol–water partition coefficient (Wildman–Crippen LogP) is 2.08. The molecule has 0 heterocycles. The lowest BCUT2D eigenvalue weighted by molar-refractivity contribution is -0.150. The van der Waals surface area contributed by atoms with Gasteiger partial charge >= 0.3 is 18.0 Å². The summed E-state index contributed by atoms with van der Waals surface area (Å²) in [7, 11) is 0. The first-order chi connectivity index (χ1) is 12.9. The largest absolute Gasteiger partial charge is 0.481 e. The van der Waals surface area contributed by atoms with Crippen molar-refractivity contribution in [1.29, 1.82) is 5.26 Å². The maximum atomic E-state index is 12.1. The monoisotopic (exact) mass is 367 g/mol. The summed E-state index contributed by atoms with van der Waals surface area (Å²) in [6, 6.07) is 14.0. The first kappa shape index (κ1) is 19.5. The number of benzene rings is 2. The zero-order valence-electron chi connectivity index (χ0n) is 14.1. The van der Waals surface area contributed by atoms with Crippen molar-refractivity contribution in [1.82, 2.24) is 5.32 Å². The fraction of sp³-hybridized carbons (Fsp3) is 0.158. The van der Waals surface area contributed by atoms with Gasteiger partial charge in [0.05, 0.1) is 17.6 Å². The molecule has 2 rings (SSSR count). The minimum Gasteiger partial charge on any atom is -0.481 e. The van der Waals surface area contributed by atoms with Crippen molar-refractivity contribution in [2.45, 2.75) is 12.5 Å². The third kappa shape index (κ3) is 5.57. The molecule has 2 aromatic carbocycles. The molecule has 0 fully saturated rings. The Balaban J connectivity index is 2.11. The molecule has 27 heavy (non-hydrogen) atoms. The SMILES string of the molecule is N#Cc1ccc(NC(=O)N[C@H](C(=O)O)C(Cc2ccccc2)C(=O)O)cc1. The molecule has 0 saturated carbocycles. The normalized spacial score (nSPS) is 12.3. The number of rotatable bonds is 7. The van der Waals surface area contributed by atoms with Gasteiger partial charge in [0.2, 0.25) is 0 Å². The molecule has 0 aliphatic heterocycles. The van der Waals surface area contributed by atoms with Gasteiger partial charge in [-0.2, -0.15) is 5.26 Å². The van der Waals surface area contributed by atoms with Crippen LogP contribution >= 0.6 is 0 Å². The highest BCUT2D eigenvalue weighted by atomic mass is 16.4. The van der Waals surface area contributed by atoms with Crippen molar-refractivity contribution < 1.29 is 24.6 Å². The van der Waals surface area contributed by atoms with Crippen molar-refractivity contribution in [2.75, 3.05) is 5.32 Å². The van der Waals surface area contributed by atoms with Gasteiger partial charge in [0.1, 0.15) is 6.04 Å². The van der Waals surface area contributed by atoms with Gasteiger partial charge in [-0.1, -0.05) is 30.3 Å². The van der Waals surface area contributed by atoms with E-state index in [1.807, 2.05) is 6.07 Å². The Morgan fingerprint density at radius 2 is 1.59 bits per heavy atom. The van der Waals surface area contributed by atoms with Gasteiger partial charge in [0, 0.05) is 5.69 Å². The summed E-state index contributed by atoms with van der Waals surface area (Å²) < 4.78 is 0. The number of carbonyl (C=O) groups excluding carboxylic acids is 1. The number of hydrogen-bond acceptors (Lipinski definition) is 4. The Morgan fingerprint density at radius 1 is 0.963 bits per heavy atom. The summed E-state index contributed by atoms with van der Waals surface area (Å²) in [5.74, 6) is -4.13. The Hall–Kier alpha value is -3.86. The molecule has 0 spiro atoms. The first-order valence-corrected chi connectivity index (χ1v) is 7.98. The smallest absolute Gasteiger partial charge is 0.327 e. The number of carbonyl (C=O) groups is 3. The number of anilines is 1. The molecule has 1 unspecified atom stereocenters. The highest BCUT2D eigenvalue weighted by molar-refractivity contribution is 5.94. The molecule has 2 amide bonds. The van der Waals surface area contributed by atoms with Crippen molar-refractivity contribution in [3.05, 3.63) is 65.7 Å². The molecule has 8 nitrogen and oxygen atoms in total. The Morgan fingerprint density at radius 3 is 2.11 bits per heavy atom. The van der Waals surface area contributed by atoms with Crippen LogP contribution in [0.5, 0.6) is 0 Å². The van der Waals surface area contributed by atoms with Crippen molar-refractivity contribution in [3.8, 4) is 6.07 Å². The molecule has 0 bridgehead atoms. The summed E-state index contributed by atoms with van der Waals surface area (Å²) in [6.07, 6.45) is -0.0513. The quantitative estimate of drug-likeness (QED) is 0.591. The van der Waals surface area contributed by atoms with Crippen LogP contribution in [0, 0.1) is 17.2 Å². The number of nitrogens with one attached hydrogen (secondary N) is 2. The van der Waals surface area contributed by atoms with Crippen LogP contribution in [-0.2, 0) is 16.0 Å². The fourth-order valence-electron chi connectivity index (χ4n) is 2.49. The number of amides is 2. The number of aliphatic carboxylic acids is 2. The molecule has 0 radical (unpaired) electrons. The van der Waals surface area contributed by atoms with E-state index in [0.717, 1.165) is 0 Å². The van der Waals surface area contributed by atoms with Gasteiger partial charge in [-0.3, -0.25) is 4.79 Å². The van der Waals surface area contributed by atoms with E-state index in [2.05, 4.69) is 10.6 Å². The van der Waals surface area contributed by atoms with E-state index in [-0.39, 0.29) is 6.42 Å². The van der Waals surface area contributed by atoms with Crippen LogP contribution in [-0.4, -0.2) is 34.2 Å². The summed E-state index contributed by atoms with van der Waals surface area (Å²) in [4.78, 5) is 35.3. The van der Waals surface area contributed by atoms with Crippen molar-refractivity contribution in [2.24, 2.45) is 5.92 Å². The van der Waals surface area contributed by atoms with Crippen LogP contribution in [0.3, 0.4) is 0 Å². The van der Waals surface area contributed by atoms with Gasteiger partial charge in [0.15, 0.2) is 0 Å². The highest BCUT2D eigenvalue weighted by Gasteiger charge is 2.35. The van der Waals surface area contributed by atoms with E-state index < -0.39 is 29.9 Å². The summed E-state index contributed by atoms with van der Waals surface area (Å²) in [6.45, 7) is 0. The van der Waals surface area contributed by atoms with Crippen molar-refractivity contribution >= 4 is 23.7 Å². The lowest BCUT2D eigenvalue weighted by Gasteiger charge is -2.22. The second-order valence-electron chi connectivity index (χ2n) is 5.74. The third-order valence-electron chi connectivity index (χ3n) is 3.84. The van der Waals surface area contributed by atoms with Crippen LogP contribution < -0.4 is 10.6 Å². The Kier molecular flexibility index (Phi) is 6.49. The number of carboxylic acids is 2. The minimum absolute atomic E-state index is 0.0513. The fourth-order valence-corrected chi connectivity index (χ4v) is 2.49. The third-order valence-corrected chi connectivity index (χ3v) is 3.84. The van der Waals surface area contributed by atoms with Crippen LogP contribution in [0.4, 0.5) is 10.5 Å². The number of carboxylic acid groups (broad SMARTS) is 2. The number of nitriles is 1. The van der Waals surface area contributed by atoms with Crippen molar-refractivity contribution in [3.63, 3.8) is 0 Å². The molecule has 2 aromatic rings. The van der Waals surface area contributed by atoms with Crippen LogP contribution in [0.2, 0.25) is 0 Å². The van der Waals surface area contributed by atoms with E-state index in [4.69, 9.17) is 5.26 Å². The lowest BCUT2D eigenvalue weighted by atomic mass is 9.92. The average Bonchev–Trinajstić information content (AvgIpc) is 2.65. The minimum atomic E-state index is -1.62. The number of nitrogens with zero attached hydrogens (tertiary/aromatic N) is 1.